The maximum atomic E-state index is 13.2. The molecule has 1 aliphatic heterocycles. The van der Waals surface area contributed by atoms with Crippen LogP contribution >= 0.6 is 0 Å². The summed E-state index contributed by atoms with van der Waals surface area (Å²) < 4.78 is 13.4. The number of nitrogens with one attached hydrogen (secondary N) is 1. The summed E-state index contributed by atoms with van der Waals surface area (Å²) in [5.41, 5.74) is 1.42. The molecular weight excluding hydrogens is 456 g/mol. The molecule has 2 aromatic heterocycles. The molecule has 0 spiro atoms. The molecule has 5 rings (SSSR count). The van der Waals surface area contributed by atoms with Crippen molar-refractivity contribution in [2.75, 3.05) is 20.3 Å². The largest absolute Gasteiger partial charge is 0.497 e. The Bertz CT molecular complexity index is 1210. The van der Waals surface area contributed by atoms with Crippen LogP contribution < -0.4 is 10.3 Å². The summed E-state index contributed by atoms with van der Waals surface area (Å²) in [6.07, 6.45) is 8.19. The summed E-state index contributed by atoms with van der Waals surface area (Å²) >= 11 is 0. The number of fused-ring (bicyclic) bond motifs is 1. The Morgan fingerprint density at radius 3 is 2.72 bits per heavy atom. The first-order valence-electron chi connectivity index (χ1n) is 13.4. The van der Waals surface area contributed by atoms with Gasteiger partial charge < -0.3 is 14.5 Å². The van der Waals surface area contributed by atoms with Gasteiger partial charge >= 0.3 is 0 Å². The summed E-state index contributed by atoms with van der Waals surface area (Å²) in [6.45, 7) is 6.45. The zero-order valence-electron chi connectivity index (χ0n) is 21.7. The van der Waals surface area contributed by atoms with Crippen molar-refractivity contribution in [1.82, 2.24) is 30.1 Å². The average Bonchev–Trinajstić information content (AvgIpc) is 3.57. The number of nitrogens with zero attached hydrogens (tertiary/aromatic N) is 5. The molecule has 2 unspecified atom stereocenters. The summed E-state index contributed by atoms with van der Waals surface area (Å²) in [5, 5.41) is 14.1. The van der Waals surface area contributed by atoms with E-state index in [1.807, 2.05) is 24.3 Å². The van der Waals surface area contributed by atoms with Crippen LogP contribution in [0.4, 0.5) is 0 Å². The lowest BCUT2D eigenvalue weighted by Gasteiger charge is -2.36. The van der Waals surface area contributed by atoms with Gasteiger partial charge in [0.05, 0.1) is 30.8 Å². The smallest absolute Gasteiger partial charge is 0.252 e. The Balaban J connectivity index is 1.50. The highest BCUT2D eigenvalue weighted by molar-refractivity contribution is 5.80. The zero-order chi connectivity index (χ0) is 25.1. The molecule has 9 nitrogen and oxygen atoms in total. The predicted molar refractivity (Wildman–Crippen MR) is 138 cm³/mol. The lowest BCUT2D eigenvalue weighted by molar-refractivity contribution is 0.0375. The van der Waals surface area contributed by atoms with Gasteiger partial charge in [0.1, 0.15) is 5.75 Å². The van der Waals surface area contributed by atoms with E-state index in [0.717, 1.165) is 66.9 Å². The van der Waals surface area contributed by atoms with Crippen molar-refractivity contribution in [2.24, 2.45) is 5.92 Å². The molecule has 0 bridgehead atoms. The number of pyridine rings is 1. The highest BCUT2D eigenvalue weighted by atomic mass is 16.5. The molecule has 3 aromatic rings. The van der Waals surface area contributed by atoms with Gasteiger partial charge in [-0.2, -0.15) is 0 Å². The van der Waals surface area contributed by atoms with Crippen LogP contribution in [0.25, 0.3) is 10.9 Å². The third kappa shape index (κ3) is 5.32. The Morgan fingerprint density at radius 1 is 1.17 bits per heavy atom. The molecule has 3 heterocycles. The second-order valence-corrected chi connectivity index (χ2v) is 10.6. The second-order valence-electron chi connectivity index (χ2n) is 10.6. The van der Waals surface area contributed by atoms with Crippen LogP contribution in [0.3, 0.4) is 0 Å². The number of ether oxygens (including phenoxy) is 2. The first kappa shape index (κ1) is 24.9. The minimum Gasteiger partial charge on any atom is -0.497 e. The monoisotopic (exact) mass is 494 g/mol. The van der Waals surface area contributed by atoms with Gasteiger partial charge in [0.2, 0.25) is 0 Å². The Kier molecular flexibility index (Phi) is 7.67. The lowest BCUT2D eigenvalue weighted by Crippen LogP contribution is -2.40. The van der Waals surface area contributed by atoms with Crippen molar-refractivity contribution in [3.8, 4) is 5.75 Å². The van der Waals surface area contributed by atoms with Crippen molar-refractivity contribution in [3.05, 3.63) is 46.0 Å². The van der Waals surface area contributed by atoms with Crippen molar-refractivity contribution >= 4 is 10.9 Å². The molecule has 0 radical (unpaired) electrons. The Hall–Kier alpha value is -2.78. The third-order valence-electron chi connectivity index (χ3n) is 7.69. The quantitative estimate of drug-likeness (QED) is 0.471. The standard InChI is InChI=1S/C27H38N6O3/c1-18(2)25(26-29-30-31-33(26)21-8-5-4-6-9-21)32(17-23-10-7-13-36-23)16-20-14-19-11-12-22(35-3)15-24(19)28-27(20)34/h11-12,14-15,18,21,23,25H,4-10,13,16-17H2,1-3H3,(H,28,34). The molecule has 2 fully saturated rings. The normalized spacial score (nSPS) is 20.0. The number of hydrogen-bond acceptors (Lipinski definition) is 7. The number of tetrazole rings is 1. The maximum absolute atomic E-state index is 13.2. The zero-order valence-corrected chi connectivity index (χ0v) is 21.7. The number of rotatable bonds is 9. The molecule has 194 valence electrons. The molecule has 1 saturated carbocycles. The van der Waals surface area contributed by atoms with E-state index < -0.39 is 0 Å². The van der Waals surface area contributed by atoms with Gasteiger partial charge in [0.25, 0.3) is 5.56 Å². The molecule has 0 amide bonds. The van der Waals surface area contributed by atoms with Crippen LogP contribution in [0, 0.1) is 5.92 Å². The van der Waals surface area contributed by atoms with E-state index >= 15 is 0 Å². The van der Waals surface area contributed by atoms with Crippen molar-refractivity contribution in [1.29, 1.82) is 0 Å². The van der Waals surface area contributed by atoms with Crippen LogP contribution in [0.1, 0.15) is 82.3 Å². The first-order valence-corrected chi connectivity index (χ1v) is 13.4. The molecule has 1 saturated heterocycles. The molecule has 9 heteroatoms. The van der Waals surface area contributed by atoms with E-state index in [1.54, 1.807) is 7.11 Å². The molecule has 1 aliphatic carbocycles. The molecular formula is C27H38N6O3. The number of methoxy groups -OCH3 is 1. The van der Waals surface area contributed by atoms with Crippen LogP contribution in [0.15, 0.2) is 29.1 Å². The van der Waals surface area contributed by atoms with E-state index in [-0.39, 0.29) is 23.6 Å². The molecule has 2 atom stereocenters. The second kappa shape index (κ2) is 11.1. The van der Waals surface area contributed by atoms with Crippen LogP contribution in [0.5, 0.6) is 5.75 Å². The summed E-state index contributed by atoms with van der Waals surface area (Å²) in [7, 11) is 1.63. The van der Waals surface area contributed by atoms with Crippen molar-refractivity contribution < 1.29 is 9.47 Å². The molecule has 1 N–H and O–H groups in total. The third-order valence-corrected chi connectivity index (χ3v) is 7.69. The maximum Gasteiger partial charge on any atom is 0.252 e. The number of aromatic amines is 1. The van der Waals surface area contributed by atoms with E-state index in [1.165, 1.54) is 19.3 Å². The Labute approximate surface area is 212 Å². The van der Waals surface area contributed by atoms with E-state index in [4.69, 9.17) is 9.47 Å². The summed E-state index contributed by atoms with van der Waals surface area (Å²) in [6, 6.07) is 8.08. The van der Waals surface area contributed by atoms with Gasteiger partial charge in [-0.3, -0.25) is 9.69 Å². The van der Waals surface area contributed by atoms with Crippen molar-refractivity contribution in [3.63, 3.8) is 0 Å². The van der Waals surface area contributed by atoms with Crippen LogP contribution in [0.2, 0.25) is 0 Å². The fourth-order valence-corrected chi connectivity index (χ4v) is 5.88. The number of aromatic nitrogens is 5. The van der Waals surface area contributed by atoms with E-state index in [9.17, 15) is 4.79 Å². The fourth-order valence-electron chi connectivity index (χ4n) is 5.88. The lowest BCUT2D eigenvalue weighted by atomic mass is 9.94. The highest BCUT2D eigenvalue weighted by Gasteiger charge is 2.34. The summed E-state index contributed by atoms with van der Waals surface area (Å²) in [5.74, 6) is 1.88. The predicted octanol–water partition coefficient (Wildman–Crippen LogP) is 4.41. The number of benzene rings is 1. The number of hydrogen-bond donors (Lipinski definition) is 1. The van der Waals surface area contributed by atoms with Gasteiger partial charge in [-0.1, -0.05) is 33.1 Å². The fraction of sp³-hybridized carbons (Fsp3) is 0.630. The van der Waals surface area contributed by atoms with E-state index in [0.29, 0.717) is 12.6 Å². The Morgan fingerprint density at radius 2 is 2.00 bits per heavy atom. The highest BCUT2D eigenvalue weighted by Crippen LogP contribution is 2.34. The topological polar surface area (TPSA) is 98.2 Å². The van der Waals surface area contributed by atoms with E-state index in [2.05, 4.69) is 43.9 Å². The minimum atomic E-state index is -0.0810. The van der Waals surface area contributed by atoms with Crippen molar-refractivity contribution in [2.45, 2.75) is 83.5 Å². The number of H-pyrrole nitrogens is 1. The SMILES string of the molecule is COc1ccc2cc(CN(CC3CCCO3)C(c3nnnn3C3CCCCC3)C(C)C)c(=O)[nH]c2c1. The summed E-state index contributed by atoms with van der Waals surface area (Å²) in [4.78, 5) is 18.6. The van der Waals surface area contributed by atoms with Gasteiger partial charge in [-0.25, -0.2) is 4.68 Å². The van der Waals surface area contributed by atoms with Gasteiger partial charge in [0, 0.05) is 31.3 Å². The minimum absolute atomic E-state index is 0.0305. The first-order chi connectivity index (χ1) is 17.5. The van der Waals surface area contributed by atoms with Gasteiger partial charge in [-0.15, -0.1) is 5.10 Å². The van der Waals surface area contributed by atoms with Crippen LogP contribution in [-0.2, 0) is 11.3 Å². The van der Waals surface area contributed by atoms with Crippen LogP contribution in [-0.4, -0.2) is 56.5 Å². The molecule has 36 heavy (non-hydrogen) atoms. The van der Waals surface area contributed by atoms with Gasteiger partial charge in [-0.05, 0) is 65.6 Å². The van der Waals surface area contributed by atoms with Gasteiger partial charge in [0.15, 0.2) is 5.82 Å². The molecule has 2 aliphatic rings. The molecule has 1 aromatic carbocycles. The average molecular weight is 495 g/mol.